The van der Waals surface area contributed by atoms with Crippen molar-refractivity contribution >= 4 is 27.1 Å². The van der Waals surface area contributed by atoms with E-state index in [4.69, 9.17) is 0 Å². The predicted octanol–water partition coefficient (Wildman–Crippen LogP) is 1.18. The predicted molar refractivity (Wildman–Crippen MR) is 85.0 cm³/mol. The molecule has 2 atom stereocenters. The van der Waals surface area contributed by atoms with Crippen LogP contribution in [-0.2, 0) is 14.6 Å². The summed E-state index contributed by atoms with van der Waals surface area (Å²) < 4.78 is 22.9. The first kappa shape index (κ1) is 17.2. The molecule has 1 saturated carbocycles. The maximum absolute atomic E-state index is 11.6. The molecule has 23 heavy (non-hydrogen) atoms. The average molecular weight is 341 g/mol. The summed E-state index contributed by atoms with van der Waals surface area (Å²) in [7, 11) is -3.51. The van der Waals surface area contributed by atoms with Gasteiger partial charge < -0.3 is 10.6 Å². The minimum absolute atomic E-state index is 0.00113. The Morgan fingerprint density at radius 3 is 2.57 bits per heavy atom. The molecule has 1 aromatic rings. The zero-order valence-electron chi connectivity index (χ0n) is 12.9. The molecule has 1 amide bonds. The highest BCUT2D eigenvalue weighted by atomic mass is 32.2. The van der Waals surface area contributed by atoms with Gasteiger partial charge in [0.05, 0.1) is 9.82 Å². The molecule has 126 valence electrons. The third kappa shape index (κ3) is 4.41. The Bertz CT molecular complexity index is 732. The Labute approximate surface area is 134 Å². The molecule has 1 aliphatic carbocycles. The quantitative estimate of drug-likeness (QED) is 0.437. The van der Waals surface area contributed by atoms with E-state index < -0.39 is 14.8 Å². The highest BCUT2D eigenvalue weighted by molar-refractivity contribution is 7.90. The number of carbonyl (C=O) groups excluding carboxylic acids is 1. The van der Waals surface area contributed by atoms with E-state index in [1.54, 1.807) is 0 Å². The fourth-order valence-electron chi connectivity index (χ4n) is 2.24. The second kappa shape index (κ2) is 6.53. The fourth-order valence-corrected chi connectivity index (χ4v) is 2.88. The van der Waals surface area contributed by atoms with Gasteiger partial charge in [0.1, 0.15) is 5.69 Å². The summed E-state index contributed by atoms with van der Waals surface area (Å²) >= 11 is 0. The second-order valence-electron chi connectivity index (χ2n) is 5.75. The first-order valence-corrected chi connectivity index (χ1v) is 9.09. The van der Waals surface area contributed by atoms with E-state index in [2.05, 4.69) is 10.6 Å². The molecule has 2 rings (SSSR count). The number of carbonyl (C=O) groups is 1. The lowest BCUT2D eigenvalue weighted by Crippen LogP contribution is -2.30. The van der Waals surface area contributed by atoms with Crippen LogP contribution in [0.4, 0.5) is 11.4 Å². The van der Waals surface area contributed by atoms with Gasteiger partial charge in [0.2, 0.25) is 5.91 Å². The largest absolute Gasteiger partial charge is 0.378 e. The van der Waals surface area contributed by atoms with Crippen LogP contribution >= 0.6 is 0 Å². The number of benzene rings is 1. The summed E-state index contributed by atoms with van der Waals surface area (Å²) in [5.41, 5.74) is -0.0912. The minimum atomic E-state index is -3.51. The lowest BCUT2D eigenvalue weighted by atomic mass is 10.2. The van der Waals surface area contributed by atoms with Crippen molar-refractivity contribution in [3.8, 4) is 0 Å². The molecule has 0 bridgehead atoms. The molecule has 9 heteroatoms. The van der Waals surface area contributed by atoms with Crippen molar-refractivity contribution in [3.05, 3.63) is 28.3 Å². The maximum Gasteiger partial charge on any atom is 0.293 e. The molecule has 0 aromatic heterocycles. The highest BCUT2D eigenvalue weighted by Gasteiger charge is 2.38. The van der Waals surface area contributed by atoms with E-state index in [1.165, 1.54) is 12.1 Å². The van der Waals surface area contributed by atoms with Crippen molar-refractivity contribution < 1.29 is 18.1 Å². The van der Waals surface area contributed by atoms with Gasteiger partial charge in [-0.3, -0.25) is 14.9 Å². The SMILES string of the molecule is CC1CC1C(=O)NCCNc1ccc(S(C)(=O)=O)cc1[N+](=O)[O-]. The number of nitro benzene ring substituents is 1. The topological polar surface area (TPSA) is 118 Å². The molecular formula is C14H19N3O5S. The third-order valence-corrected chi connectivity index (χ3v) is 4.89. The van der Waals surface area contributed by atoms with E-state index >= 15 is 0 Å². The molecular weight excluding hydrogens is 322 g/mol. The maximum atomic E-state index is 11.6. The molecule has 0 saturated heterocycles. The van der Waals surface area contributed by atoms with E-state index in [-0.39, 0.29) is 28.1 Å². The van der Waals surface area contributed by atoms with Crippen LogP contribution in [0.15, 0.2) is 23.1 Å². The van der Waals surface area contributed by atoms with Crippen LogP contribution in [0.5, 0.6) is 0 Å². The number of hydrogen-bond donors (Lipinski definition) is 2. The van der Waals surface area contributed by atoms with Crippen molar-refractivity contribution in [2.24, 2.45) is 11.8 Å². The van der Waals surface area contributed by atoms with Gasteiger partial charge in [-0.05, 0) is 24.5 Å². The summed E-state index contributed by atoms with van der Waals surface area (Å²) in [6.07, 6.45) is 1.89. The van der Waals surface area contributed by atoms with Gasteiger partial charge in [-0.25, -0.2) is 8.42 Å². The lowest BCUT2D eigenvalue weighted by Gasteiger charge is -2.09. The Hall–Kier alpha value is -2.16. The van der Waals surface area contributed by atoms with Crippen molar-refractivity contribution in [1.82, 2.24) is 5.32 Å². The first-order chi connectivity index (χ1) is 10.7. The number of amides is 1. The van der Waals surface area contributed by atoms with E-state index in [0.29, 0.717) is 19.0 Å². The molecule has 2 unspecified atom stereocenters. The zero-order valence-corrected chi connectivity index (χ0v) is 13.7. The summed E-state index contributed by atoms with van der Waals surface area (Å²) in [6.45, 7) is 2.66. The molecule has 1 aromatic carbocycles. The summed E-state index contributed by atoms with van der Waals surface area (Å²) in [5, 5.41) is 16.7. The zero-order chi connectivity index (χ0) is 17.2. The van der Waals surface area contributed by atoms with Gasteiger partial charge in [0.15, 0.2) is 9.84 Å². The van der Waals surface area contributed by atoms with Crippen LogP contribution in [0.2, 0.25) is 0 Å². The fraction of sp³-hybridized carbons (Fsp3) is 0.500. The van der Waals surface area contributed by atoms with Crippen LogP contribution in [0.1, 0.15) is 13.3 Å². The van der Waals surface area contributed by atoms with Crippen LogP contribution in [0, 0.1) is 22.0 Å². The second-order valence-corrected chi connectivity index (χ2v) is 7.76. The van der Waals surface area contributed by atoms with Crippen molar-refractivity contribution in [2.45, 2.75) is 18.2 Å². The van der Waals surface area contributed by atoms with Gasteiger partial charge >= 0.3 is 0 Å². The molecule has 0 radical (unpaired) electrons. The van der Waals surface area contributed by atoms with Crippen LogP contribution < -0.4 is 10.6 Å². The Morgan fingerprint density at radius 1 is 1.39 bits per heavy atom. The molecule has 1 aliphatic rings. The average Bonchev–Trinajstić information content (AvgIpc) is 3.19. The third-order valence-electron chi connectivity index (χ3n) is 3.78. The molecule has 2 N–H and O–H groups in total. The monoisotopic (exact) mass is 341 g/mol. The van der Waals surface area contributed by atoms with Gasteiger partial charge in [0, 0.05) is 31.3 Å². The van der Waals surface area contributed by atoms with Crippen molar-refractivity contribution in [2.75, 3.05) is 24.7 Å². The van der Waals surface area contributed by atoms with Gasteiger partial charge in [-0.1, -0.05) is 6.92 Å². The highest BCUT2D eigenvalue weighted by Crippen LogP contribution is 2.37. The smallest absolute Gasteiger partial charge is 0.293 e. The van der Waals surface area contributed by atoms with E-state index in [1.807, 2.05) is 6.92 Å². The van der Waals surface area contributed by atoms with Crippen molar-refractivity contribution in [3.63, 3.8) is 0 Å². The number of hydrogen-bond acceptors (Lipinski definition) is 6. The van der Waals surface area contributed by atoms with E-state index in [9.17, 15) is 23.3 Å². The molecule has 0 aliphatic heterocycles. The summed E-state index contributed by atoms with van der Waals surface area (Å²) in [5.74, 6) is 0.507. The summed E-state index contributed by atoms with van der Waals surface area (Å²) in [6, 6.07) is 3.70. The molecule has 8 nitrogen and oxygen atoms in total. The lowest BCUT2D eigenvalue weighted by molar-refractivity contribution is -0.384. The Kier molecular flexibility index (Phi) is 4.88. The molecule has 0 heterocycles. The van der Waals surface area contributed by atoms with Crippen molar-refractivity contribution in [1.29, 1.82) is 0 Å². The standard InChI is InChI=1S/C14H19N3O5S/c1-9-7-11(9)14(18)16-6-5-15-12-4-3-10(23(2,21)22)8-13(12)17(19)20/h3-4,8-9,11,15H,5-7H2,1-2H3,(H,16,18). The molecule has 0 spiro atoms. The number of nitrogens with one attached hydrogen (secondary N) is 2. The Balaban J connectivity index is 1.96. The Morgan fingerprint density at radius 2 is 2.04 bits per heavy atom. The van der Waals surface area contributed by atoms with Gasteiger partial charge in [-0.2, -0.15) is 0 Å². The van der Waals surface area contributed by atoms with Crippen LogP contribution in [0.25, 0.3) is 0 Å². The van der Waals surface area contributed by atoms with Gasteiger partial charge in [0.25, 0.3) is 5.69 Å². The van der Waals surface area contributed by atoms with E-state index in [0.717, 1.165) is 18.7 Å². The minimum Gasteiger partial charge on any atom is -0.378 e. The summed E-state index contributed by atoms with van der Waals surface area (Å²) in [4.78, 5) is 22.0. The van der Waals surface area contributed by atoms with Crippen LogP contribution in [0.3, 0.4) is 0 Å². The number of nitrogens with zero attached hydrogens (tertiary/aromatic N) is 1. The number of nitro groups is 1. The number of anilines is 1. The number of sulfone groups is 1. The van der Waals surface area contributed by atoms with Gasteiger partial charge in [-0.15, -0.1) is 0 Å². The normalized spacial score (nSPS) is 19.9. The molecule has 1 fully saturated rings. The van der Waals surface area contributed by atoms with Crippen LogP contribution in [-0.4, -0.2) is 38.6 Å². The number of rotatable bonds is 7. The first-order valence-electron chi connectivity index (χ1n) is 7.20.